The third-order valence-corrected chi connectivity index (χ3v) is 1.37. The average molecular weight is 117 g/mol. The fourth-order valence-electron chi connectivity index (χ4n) is 0.596. The van der Waals surface area contributed by atoms with Crippen LogP contribution in [0.1, 0.15) is 13.3 Å². The molecule has 0 fully saturated rings. The first-order chi connectivity index (χ1) is 3.72. The molecule has 8 heavy (non-hydrogen) atoms. The van der Waals surface area contributed by atoms with Crippen LogP contribution in [-0.4, -0.2) is 12.7 Å². The Labute approximate surface area is 50.2 Å². The maximum absolute atomic E-state index is 5.36. The lowest BCUT2D eigenvalue weighted by molar-refractivity contribution is 0.426. The van der Waals surface area contributed by atoms with E-state index in [2.05, 4.69) is 0 Å². The smallest absolute Gasteiger partial charge is 0.0562 e. The van der Waals surface area contributed by atoms with Gasteiger partial charge in [-0.15, -0.1) is 0 Å². The van der Waals surface area contributed by atoms with Crippen molar-refractivity contribution < 1.29 is 0 Å². The summed E-state index contributed by atoms with van der Waals surface area (Å²) in [5.41, 5.74) is 16.0. The molecule has 3 heteroatoms. The van der Waals surface area contributed by atoms with Gasteiger partial charge in [-0.3, -0.25) is 0 Å². The summed E-state index contributed by atoms with van der Waals surface area (Å²) in [6, 6.07) is 0. The molecule has 0 bridgehead atoms. The van der Waals surface area contributed by atoms with Gasteiger partial charge in [0, 0.05) is 0 Å². The van der Waals surface area contributed by atoms with Gasteiger partial charge in [0.2, 0.25) is 0 Å². The molecule has 0 amide bonds. The first kappa shape index (κ1) is 7.88. The summed E-state index contributed by atoms with van der Waals surface area (Å²) in [7, 11) is 0. The van der Waals surface area contributed by atoms with Crippen molar-refractivity contribution in [1.29, 1.82) is 0 Å². The van der Waals surface area contributed by atoms with E-state index in [9.17, 15) is 0 Å². The first-order valence-corrected chi connectivity index (χ1v) is 2.93. The van der Waals surface area contributed by atoms with E-state index >= 15 is 0 Å². The van der Waals surface area contributed by atoms with Crippen molar-refractivity contribution in [1.82, 2.24) is 0 Å². The second-order valence-corrected chi connectivity index (χ2v) is 1.98. The Morgan fingerprint density at radius 1 is 1.38 bits per heavy atom. The molecule has 0 aliphatic carbocycles. The number of nitrogens with two attached hydrogens (primary N) is 3. The van der Waals surface area contributed by atoms with Gasteiger partial charge in [-0.25, -0.2) is 0 Å². The maximum Gasteiger partial charge on any atom is 0.0562 e. The molecular formula is C5H15N3. The van der Waals surface area contributed by atoms with E-state index < -0.39 is 0 Å². The molecule has 1 atom stereocenters. The minimum atomic E-state index is -0.245. The Hall–Kier alpha value is -0.120. The third-order valence-electron chi connectivity index (χ3n) is 1.37. The molecule has 0 saturated heterocycles. The standard InChI is InChI=1S/C5H15N3/c1-2-4(3-6)5(7)8/h4-5H,2-3,6-8H2,1H3. The van der Waals surface area contributed by atoms with Crippen LogP contribution in [0, 0.1) is 5.92 Å². The second-order valence-electron chi connectivity index (χ2n) is 1.98. The molecule has 0 aromatic rings. The van der Waals surface area contributed by atoms with Gasteiger partial charge in [-0.1, -0.05) is 6.92 Å². The molecule has 0 aliphatic heterocycles. The molecule has 1 unspecified atom stereocenters. The highest BCUT2D eigenvalue weighted by Crippen LogP contribution is 1.98. The lowest BCUT2D eigenvalue weighted by Gasteiger charge is -2.15. The highest BCUT2D eigenvalue weighted by Gasteiger charge is 2.07. The molecule has 0 aromatic carbocycles. The van der Waals surface area contributed by atoms with Crippen molar-refractivity contribution in [3.63, 3.8) is 0 Å². The topological polar surface area (TPSA) is 78.1 Å². The Bertz CT molecular complexity index is 49.6. The zero-order valence-electron chi connectivity index (χ0n) is 5.30. The van der Waals surface area contributed by atoms with Crippen LogP contribution in [0.5, 0.6) is 0 Å². The Kier molecular flexibility index (Phi) is 3.77. The fourth-order valence-corrected chi connectivity index (χ4v) is 0.596. The molecule has 6 N–H and O–H groups in total. The lowest BCUT2D eigenvalue weighted by atomic mass is 10.1. The van der Waals surface area contributed by atoms with E-state index in [0.717, 1.165) is 6.42 Å². The summed E-state index contributed by atoms with van der Waals surface area (Å²) in [5.74, 6) is 0.287. The van der Waals surface area contributed by atoms with Crippen LogP contribution in [0.2, 0.25) is 0 Å². The molecule has 0 aliphatic rings. The Balaban J connectivity index is 3.35. The van der Waals surface area contributed by atoms with Gasteiger partial charge in [-0.2, -0.15) is 0 Å². The summed E-state index contributed by atoms with van der Waals surface area (Å²) in [5, 5.41) is 0. The van der Waals surface area contributed by atoms with Gasteiger partial charge in [0.05, 0.1) is 6.17 Å². The van der Waals surface area contributed by atoms with Crippen molar-refractivity contribution in [2.45, 2.75) is 19.5 Å². The second kappa shape index (κ2) is 3.83. The van der Waals surface area contributed by atoms with Crippen molar-refractivity contribution in [3.8, 4) is 0 Å². The third kappa shape index (κ3) is 2.26. The van der Waals surface area contributed by atoms with E-state index in [-0.39, 0.29) is 12.1 Å². The van der Waals surface area contributed by atoms with E-state index in [1.807, 2.05) is 6.92 Å². The van der Waals surface area contributed by atoms with Crippen LogP contribution < -0.4 is 17.2 Å². The number of hydrogen-bond acceptors (Lipinski definition) is 3. The molecule has 0 rings (SSSR count). The predicted molar refractivity (Wildman–Crippen MR) is 35.0 cm³/mol. The van der Waals surface area contributed by atoms with Crippen molar-refractivity contribution in [3.05, 3.63) is 0 Å². The normalized spacial score (nSPS) is 14.6. The predicted octanol–water partition coefficient (Wildman–Crippen LogP) is -0.785. The quantitative estimate of drug-likeness (QED) is 0.424. The molecular weight excluding hydrogens is 102 g/mol. The largest absolute Gasteiger partial charge is 0.330 e. The Morgan fingerprint density at radius 3 is 1.88 bits per heavy atom. The van der Waals surface area contributed by atoms with Gasteiger partial charge in [0.1, 0.15) is 0 Å². The lowest BCUT2D eigenvalue weighted by Crippen LogP contribution is -2.41. The van der Waals surface area contributed by atoms with Crippen molar-refractivity contribution in [2.24, 2.45) is 23.1 Å². The molecule has 0 spiro atoms. The molecule has 3 nitrogen and oxygen atoms in total. The van der Waals surface area contributed by atoms with Crippen LogP contribution in [0.25, 0.3) is 0 Å². The van der Waals surface area contributed by atoms with E-state index in [1.54, 1.807) is 0 Å². The highest BCUT2D eigenvalue weighted by atomic mass is 14.9. The van der Waals surface area contributed by atoms with Gasteiger partial charge in [-0.05, 0) is 18.9 Å². The summed E-state index contributed by atoms with van der Waals surface area (Å²) in [6.07, 6.45) is 0.721. The van der Waals surface area contributed by atoms with E-state index in [4.69, 9.17) is 17.2 Å². The SMILES string of the molecule is CCC(CN)C(N)N. The van der Waals surface area contributed by atoms with Crippen LogP contribution >= 0.6 is 0 Å². The van der Waals surface area contributed by atoms with Crippen molar-refractivity contribution in [2.75, 3.05) is 6.54 Å². The van der Waals surface area contributed by atoms with Gasteiger partial charge in [0.25, 0.3) is 0 Å². The minimum Gasteiger partial charge on any atom is -0.330 e. The molecule has 0 heterocycles. The number of rotatable bonds is 3. The van der Waals surface area contributed by atoms with Crippen molar-refractivity contribution >= 4 is 0 Å². The zero-order chi connectivity index (χ0) is 6.57. The van der Waals surface area contributed by atoms with Crippen LogP contribution in [0.4, 0.5) is 0 Å². The van der Waals surface area contributed by atoms with Crippen LogP contribution in [-0.2, 0) is 0 Å². The Morgan fingerprint density at radius 2 is 1.88 bits per heavy atom. The summed E-state index contributed by atoms with van der Waals surface area (Å²) >= 11 is 0. The first-order valence-electron chi connectivity index (χ1n) is 2.93. The van der Waals surface area contributed by atoms with Crippen LogP contribution in [0.15, 0.2) is 0 Å². The van der Waals surface area contributed by atoms with Gasteiger partial charge >= 0.3 is 0 Å². The van der Waals surface area contributed by atoms with Gasteiger partial charge < -0.3 is 17.2 Å². The van der Waals surface area contributed by atoms with Gasteiger partial charge in [0.15, 0.2) is 0 Å². The number of hydrogen-bond donors (Lipinski definition) is 3. The summed E-state index contributed by atoms with van der Waals surface area (Å²) in [6.45, 7) is 2.62. The molecule has 0 aromatic heterocycles. The minimum absolute atomic E-state index is 0.245. The summed E-state index contributed by atoms with van der Waals surface area (Å²) < 4.78 is 0. The fraction of sp³-hybridized carbons (Fsp3) is 1.00. The average Bonchev–Trinajstić information content (AvgIpc) is 1.69. The summed E-state index contributed by atoms with van der Waals surface area (Å²) in [4.78, 5) is 0. The van der Waals surface area contributed by atoms with Crippen LogP contribution in [0.3, 0.4) is 0 Å². The molecule has 0 radical (unpaired) electrons. The maximum atomic E-state index is 5.36. The van der Waals surface area contributed by atoms with E-state index in [0.29, 0.717) is 6.54 Å². The molecule has 50 valence electrons. The highest BCUT2D eigenvalue weighted by molar-refractivity contribution is 4.65. The molecule has 0 saturated carbocycles. The van der Waals surface area contributed by atoms with E-state index in [1.165, 1.54) is 0 Å². The zero-order valence-corrected chi connectivity index (χ0v) is 5.30. The monoisotopic (exact) mass is 117 g/mol.